The number of benzene rings is 2. The van der Waals surface area contributed by atoms with Crippen molar-refractivity contribution in [3.05, 3.63) is 61.8 Å². The van der Waals surface area contributed by atoms with E-state index in [0.29, 0.717) is 22.1 Å². The molecule has 140 valence electrons. The minimum absolute atomic E-state index is 0.0197. The number of cyclic esters (lactones) is 1. The number of hydrogen-bond donors (Lipinski definition) is 0. The molecule has 0 fully saturated rings. The normalized spacial score (nSPS) is 15.1. The molecule has 1 aliphatic rings. The Bertz CT molecular complexity index is 953. The molecular weight excluding hydrogens is 481 g/mol. The third-order valence-corrected chi connectivity index (χ3v) is 4.64. The summed E-state index contributed by atoms with van der Waals surface area (Å²) < 4.78 is 17.4. The monoisotopic (exact) mass is 497 g/mol. The number of carbonyl (C=O) groups is 1. The van der Waals surface area contributed by atoms with Crippen LogP contribution in [-0.2, 0) is 9.53 Å². The van der Waals surface area contributed by atoms with Gasteiger partial charge in [0, 0.05) is 10.6 Å². The first-order valence-electron chi connectivity index (χ1n) is 8.20. The van der Waals surface area contributed by atoms with Gasteiger partial charge in [-0.15, -0.1) is 0 Å². The second kappa shape index (κ2) is 8.31. The minimum Gasteiger partial charge on any atom is -0.493 e. The Balaban J connectivity index is 1.96. The topological polar surface area (TPSA) is 57.1 Å². The molecule has 2 aromatic carbocycles. The van der Waals surface area contributed by atoms with Gasteiger partial charge in [-0.1, -0.05) is 17.7 Å². The number of aliphatic imine (C=N–C) groups is 1. The van der Waals surface area contributed by atoms with Gasteiger partial charge in [0.05, 0.1) is 16.8 Å². The van der Waals surface area contributed by atoms with Crippen molar-refractivity contribution in [2.24, 2.45) is 4.99 Å². The van der Waals surface area contributed by atoms with Crippen LogP contribution in [0.1, 0.15) is 25.0 Å². The van der Waals surface area contributed by atoms with E-state index in [0.717, 1.165) is 9.13 Å². The summed E-state index contributed by atoms with van der Waals surface area (Å²) in [5.74, 6) is 0.983. The fourth-order valence-electron chi connectivity index (χ4n) is 2.49. The molecule has 0 spiro atoms. The van der Waals surface area contributed by atoms with Crippen LogP contribution in [0.15, 0.2) is 47.1 Å². The van der Waals surface area contributed by atoms with E-state index in [1.165, 1.54) is 0 Å². The van der Waals surface area contributed by atoms with Gasteiger partial charge in [-0.2, -0.15) is 0 Å². The van der Waals surface area contributed by atoms with Crippen molar-refractivity contribution in [2.45, 2.75) is 20.0 Å². The molecule has 2 aromatic rings. The lowest BCUT2D eigenvalue weighted by Crippen LogP contribution is -2.08. The molecule has 0 aliphatic carbocycles. The number of hydrogen-bond acceptors (Lipinski definition) is 5. The molecule has 0 atom stereocenters. The second-order valence-corrected chi connectivity index (χ2v) is 7.65. The molecule has 0 N–H and O–H groups in total. The Morgan fingerprint density at radius 2 is 2.04 bits per heavy atom. The standard InChI is InChI=1S/C20H17ClINO4/c1-11(2)26-18-15(22)7-12(9-17(18)25-3)8-16-20(24)27-19(23-16)13-5-4-6-14(21)10-13/h4-11H,1-3H3/b16-8-. The van der Waals surface area contributed by atoms with Gasteiger partial charge in [0.15, 0.2) is 17.2 Å². The number of carbonyl (C=O) groups excluding carboxylic acids is 1. The molecule has 5 nitrogen and oxygen atoms in total. The van der Waals surface area contributed by atoms with Crippen LogP contribution in [0.3, 0.4) is 0 Å². The number of nitrogens with zero attached hydrogens (tertiary/aromatic N) is 1. The summed E-state index contributed by atoms with van der Waals surface area (Å²) in [5.41, 5.74) is 1.61. The van der Waals surface area contributed by atoms with E-state index in [1.807, 2.05) is 19.9 Å². The highest BCUT2D eigenvalue weighted by molar-refractivity contribution is 14.1. The van der Waals surface area contributed by atoms with Crippen LogP contribution in [0.25, 0.3) is 6.08 Å². The van der Waals surface area contributed by atoms with Crippen LogP contribution in [0, 0.1) is 3.57 Å². The molecule has 0 saturated heterocycles. The maximum absolute atomic E-state index is 12.2. The molecule has 0 amide bonds. The average molecular weight is 498 g/mol. The molecule has 1 heterocycles. The first-order valence-corrected chi connectivity index (χ1v) is 9.65. The summed E-state index contributed by atoms with van der Waals surface area (Å²) in [6.45, 7) is 3.90. The van der Waals surface area contributed by atoms with Gasteiger partial charge < -0.3 is 14.2 Å². The van der Waals surface area contributed by atoms with E-state index in [2.05, 4.69) is 27.6 Å². The maximum Gasteiger partial charge on any atom is 0.363 e. The molecule has 0 bridgehead atoms. The average Bonchev–Trinajstić information content (AvgIpc) is 2.97. The van der Waals surface area contributed by atoms with E-state index in [1.54, 1.807) is 43.5 Å². The highest BCUT2D eigenvalue weighted by Gasteiger charge is 2.24. The molecule has 7 heteroatoms. The third kappa shape index (κ3) is 4.62. The lowest BCUT2D eigenvalue weighted by Gasteiger charge is -2.15. The van der Waals surface area contributed by atoms with Gasteiger partial charge in [0.1, 0.15) is 0 Å². The largest absolute Gasteiger partial charge is 0.493 e. The number of ether oxygens (including phenoxy) is 3. The van der Waals surface area contributed by atoms with Gasteiger partial charge in [-0.25, -0.2) is 9.79 Å². The smallest absolute Gasteiger partial charge is 0.363 e. The maximum atomic E-state index is 12.2. The van der Waals surface area contributed by atoms with Gasteiger partial charge in [-0.3, -0.25) is 0 Å². The molecule has 3 rings (SSSR count). The highest BCUT2D eigenvalue weighted by atomic mass is 127. The molecular formula is C20H17ClINO4. The zero-order valence-corrected chi connectivity index (χ0v) is 17.9. The Kier molecular flexibility index (Phi) is 6.06. The van der Waals surface area contributed by atoms with Crippen molar-refractivity contribution in [3.8, 4) is 11.5 Å². The van der Waals surface area contributed by atoms with Crippen molar-refractivity contribution in [2.75, 3.05) is 7.11 Å². The number of halogens is 2. The van der Waals surface area contributed by atoms with E-state index >= 15 is 0 Å². The second-order valence-electron chi connectivity index (χ2n) is 6.05. The first-order chi connectivity index (χ1) is 12.9. The summed E-state index contributed by atoms with van der Waals surface area (Å²) in [6.07, 6.45) is 1.68. The lowest BCUT2D eigenvalue weighted by atomic mass is 10.1. The summed E-state index contributed by atoms with van der Waals surface area (Å²) >= 11 is 8.17. The summed E-state index contributed by atoms with van der Waals surface area (Å²) in [7, 11) is 1.58. The van der Waals surface area contributed by atoms with Crippen LogP contribution in [-0.4, -0.2) is 25.1 Å². The van der Waals surface area contributed by atoms with E-state index in [4.69, 9.17) is 25.8 Å². The number of rotatable bonds is 5. The van der Waals surface area contributed by atoms with E-state index < -0.39 is 5.97 Å². The third-order valence-electron chi connectivity index (χ3n) is 3.60. The first kappa shape index (κ1) is 19.7. The zero-order valence-electron chi connectivity index (χ0n) is 15.0. The van der Waals surface area contributed by atoms with Crippen LogP contribution >= 0.6 is 34.2 Å². The molecule has 27 heavy (non-hydrogen) atoms. The zero-order chi connectivity index (χ0) is 19.6. The van der Waals surface area contributed by atoms with Crippen molar-refractivity contribution < 1.29 is 19.0 Å². The van der Waals surface area contributed by atoms with Gasteiger partial charge in [0.25, 0.3) is 0 Å². The fraction of sp³-hybridized carbons (Fsp3) is 0.200. The van der Waals surface area contributed by atoms with Gasteiger partial charge in [-0.05, 0) is 78.4 Å². The number of esters is 1. The van der Waals surface area contributed by atoms with Crippen molar-refractivity contribution in [1.29, 1.82) is 0 Å². The summed E-state index contributed by atoms with van der Waals surface area (Å²) in [5, 5.41) is 0.545. The Hall–Kier alpha value is -2.06. The Labute approximate surface area is 176 Å². The van der Waals surface area contributed by atoms with Crippen molar-refractivity contribution in [1.82, 2.24) is 0 Å². The van der Waals surface area contributed by atoms with Gasteiger partial charge in [0.2, 0.25) is 5.90 Å². The van der Waals surface area contributed by atoms with Crippen LogP contribution < -0.4 is 9.47 Å². The summed E-state index contributed by atoms with van der Waals surface area (Å²) in [4.78, 5) is 16.5. The molecule has 0 radical (unpaired) electrons. The Morgan fingerprint density at radius 3 is 2.70 bits per heavy atom. The molecule has 0 saturated carbocycles. The number of methoxy groups -OCH3 is 1. The van der Waals surface area contributed by atoms with Crippen molar-refractivity contribution >= 4 is 52.1 Å². The molecule has 1 aliphatic heterocycles. The Morgan fingerprint density at radius 1 is 1.26 bits per heavy atom. The van der Waals surface area contributed by atoms with Crippen molar-refractivity contribution in [3.63, 3.8) is 0 Å². The predicted octanol–water partition coefficient (Wildman–Crippen LogP) is 5.08. The van der Waals surface area contributed by atoms with Crippen LogP contribution in [0.5, 0.6) is 11.5 Å². The summed E-state index contributed by atoms with van der Waals surface area (Å²) in [6, 6.07) is 10.7. The molecule has 0 aromatic heterocycles. The lowest BCUT2D eigenvalue weighted by molar-refractivity contribution is -0.129. The molecule has 0 unspecified atom stereocenters. The predicted molar refractivity (Wildman–Crippen MR) is 114 cm³/mol. The fourth-order valence-corrected chi connectivity index (χ4v) is 3.43. The van der Waals surface area contributed by atoms with E-state index in [-0.39, 0.29) is 17.7 Å². The van der Waals surface area contributed by atoms with Crippen LogP contribution in [0.2, 0.25) is 5.02 Å². The minimum atomic E-state index is -0.513. The quantitative estimate of drug-likeness (QED) is 0.328. The van der Waals surface area contributed by atoms with E-state index in [9.17, 15) is 4.79 Å². The van der Waals surface area contributed by atoms with Gasteiger partial charge >= 0.3 is 5.97 Å². The highest BCUT2D eigenvalue weighted by Crippen LogP contribution is 2.35. The SMILES string of the molecule is COc1cc(/C=C2\N=C(c3cccc(Cl)c3)OC2=O)cc(I)c1OC(C)C. The van der Waals surface area contributed by atoms with Crippen LogP contribution in [0.4, 0.5) is 0 Å².